The minimum atomic E-state index is -0.598. The number of carbonyl (C=O) groups excluding carboxylic acids is 2. The molecule has 0 bridgehead atoms. The van der Waals surface area contributed by atoms with Crippen LogP contribution in [0.15, 0.2) is 78.2 Å². The monoisotopic (exact) mass is 461 g/mol. The third kappa shape index (κ3) is 7.56. The molecular weight excluding hydrogens is 430 g/mol. The maximum atomic E-state index is 13.3. The number of nitrogens with two attached hydrogens (primary N) is 2. The lowest BCUT2D eigenvalue weighted by Gasteiger charge is -2.21. The van der Waals surface area contributed by atoms with Crippen molar-refractivity contribution in [2.24, 2.45) is 16.5 Å². The third-order valence-electron chi connectivity index (χ3n) is 5.38. The highest BCUT2D eigenvalue weighted by molar-refractivity contribution is 6.01. The van der Waals surface area contributed by atoms with E-state index in [4.69, 9.17) is 11.5 Å². The lowest BCUT2D eigenvalue weighted by atomic mass is 9.90. The highest BCUT2D eigenvalue weighted by atomic mass is 16.2. The number of aromatic nitrogens is 2. The van der Waals surface area contributed by atoms with Crippen molar-refractivity contribution >= 4 is 17.8 Å². The van der Waals surface area contributed by atoms with Gasteiger partial charge in [-0.15, -0.1) is 0 Å². The Morgan fingerprint density at radius 1 is 0.971 bits per heavy atom. The second-order valence-electron chi connectivity index (χ2n) is 7.89. The van der Waals surface area contributed by atoms with Gasteiger partial charge < -0.3 is 21.8 Å². The van der Waals surface area contributed by atoms with Gasteiger partial charge in [-0.2, -0.15) is 0 Å². The van der Waals surface area contributed by atoms with Gasteiger partial charge in [0.05, 0.1) is 18.3 Å². The van der Waals surface area contributed by atoms with Gasteiger partial charge in [0.15, 0.2) is 5.96 Å². The van der Waals surface area contributed by atoms with Crippen LogP contribution >= 0.6 is 0 Å². The van der Waals surface area contributed by atoms with E-state index in [1.807, 2.05) is 60.7 Å². The molecule has 2 amide bonds. The number of guanidine groups is 1. The third-order valence-corrected chi connectivity index (χ3v) is 5.38. The molecule has 3 rings (SSSR count). The van der Waals surface area contributed by atoms with Crippen LogP contribution in [0.4, 0.5) is 0 Å². The topological polar surface area (TPSA) is 151 Å². The summed E-state index contributed by atoms with van der Waals surface area (Å²) in [5.41, 5.74) is 13.4. The van der Waals surface area contributed by atoms with Crippen molar-refractivity contribution in [1.82, 2.24) is 20.6 Å². The maximum absolute atomic E-state index is 13.3. The van der Waals surface area contributed by atoms with E-state index in [1.165, 1.54) is 0 Å². The minimum Gasteiger partial charge on any atom is -0.370 e. The summed E-state index contributed by atoms with van der Waals surface area (Å²) < 4.78 is 0. The SMILES string of the molecule is NC(N)=NCCC[C@H](NCCc1cnc[nH]1)C(=O)NC(=O)C(c1ccccc1)c1ccccc1. The van der Waals surface area contributed by atoms with Crippen molar-refractivity contribution in [2.45, 2.75) is 31.2 Å². The zero-order chi connectivity index (χ0) is 24.2. The van der Waals surface area contributed by atoms with E-state index >= 15 is 0 Å². The predicted molar refractivity (Wildman–Crippen MR) is 132 cm³/mol. The Morgan fingerprint density at radius 3 is 2.18 bits per heavy atom. The number of aliphatic imine (C=N–C) groups is 1. The van der Waals surface area contributed by atoms with E-state index in [9.17, 15) is 9.59 Å². The Kier molecular flexibility index (Phi) is 9.36. The molecule has 0 aliphatic heterocycles. The number of imidazole rings is 1. The quantitative estimate of drug-likeness (QED) is 0.156. The molecule has 9 nitrogen and oxygen atoms in total. The van der Waals surface area contributed by atoms with Crippen LogP contribution in [-0.2, 0) is 16.0 Å². The fourth-order valence-corrected chi connectivity index (χ4v) is 3.70. The number of H-pyrrole nitrogens is 1. The van der Waals surface area contributed by atoms with Crippen molar-refractivity contribution in [2.75, 3.05) is 13.1 Å². The first kappa shape index (κ1) is 24.7. The molecule has 0 saturated carbocycles. The van der Waals surface area contributed by atoms with Gasteiger partial charge in [0.1, 0.15) is 0 Å². The van der Waals surface area contributed by atoms with E-state index in [0.29, 0.717) is 32.4 Å². The first-order valence-electron chi connectivity index (χ1n) is 11.2. The van der Waals surface area contributed by atoms with E-state index in [2.05, 4.69) is 25.6 Å². The first-order valence-corrected chi connectivity index (χ1v) is 11.2. The molecule has 34 heavy (non-hydrogen) atoms. The number of aromatic amines is 1. The van der Waals surface area contributed by atoms with Crippen LogP contribution in [0.1, 0.15) is 35.6 Å². The summed E-state index contributed by atoms with van der Waals surface area (Å²) in [5.74, 6) is -1.33. The number of hydrogen-bond donors (Lipinski definition) is 5. The van der Waals surface area contributed by atoms with Gasteiger partial charge in [-0.1, -0.05) is 60.7 Å². The molecule has 2 aromatic carbocycles. The number of carbonyl (C=O) groups is 2. The molecule has 0 radical (unpaired) electrons. The fourth-order valence-electron chi connectivity index (χ4n) is 3.70. The van der Waals surface area contributed by atoms with Crippen LogP contribution in [0.25, 0.3) is 0 Å². The smallest absolute Gasteiger partial charge is 0.243 e. The van der Waals surface area contributed by atoms with Crippen LogP contribution < -0.4 is 22.1 Å². The molecule has 3 aromatic rings. The average molecular weight is 462 g/mol. The van der Waals surface area contributed by atoms with Gasteiger partial charge in [0.25, 0.3) is 0 Å². The molecule has 0 unspecified atom stereocenters. The number of rotatable bonds is 12. The first-order chi connectivity index (χ1) is 16.5. The predicted octanol–water partition coefficient (Wildman–Crippen LogP) is 1.44. The number of hydrogen-bond acceptors (Lipinski definition) is 5. The molecule has 0 spiro atoms. The Bertz CT molecular complexity index is 1010. The van der Waals surface area contributed by atoms with E-state index in [0.717, 1.165) is 16.8 Å². The zero-order valence-corrected chi connectivity index (χ0v) is 19.0. The van der Waals surface area contributed by atoms with Crippen LogP contribution in [0.2, 0.25) is 0 Å². The van der Waals surface area contributed by atoms with Gasteiger partial charge in [-0.3, -0.25) is 19.9 Å². The minimum absolute atomic E-state index is 0.0111. The van der Waals surface area contributed by atoms with Crippen LogP contribution in [0.5, 0.6) is 0 Å². The lowest BCUT2D eigenvalue weighted by Crippen LogP contribution is -2.48. The summed E-state index contributed by atoms with van der Waals surface area (Å²) in [7, 11) is 0. The van der Waals surface area contributed by atoms with Gasteiger partial charge in [-0.25, -0.2) is 4.98 Å². The number of nitrogens with zero attached hydrogens (tertiary/aromatic N) is 2. The molecule has 1 atom stereocenters. The molecule has 0 aliphatic carbocycles. The van der Waals surface area contributed by atoms with Crippen molar-refractivity contribution in [3.8, 4) is 0 Å². The summed E-state index contributed by atoms with van der Waals surface area (Å²) in [6.07, 6.45) is 5.08. The van der Waals surface area contributed by atoms with Crippen LogP contribution in [0, 0.1) is 0 Å². The lowest BCUT2D eigenvalue weighted by molar-refractivity contribution is -0.132. The fraction of sp³-hybridized carbons (Fsp3) is 0.280. The molecular formula is C25H31N7O2. The van der Waals surface area contributed by atoms with Gasteiger partial charge in [0.2, 0.25) is 11.8 Å². The number of imide groups is 1. The number of amides is 2. The van der Waals surface area contributed by atoms with Crippen molar-refractivity contribution in [3.05, 3.63) is 90.0 Å². The summed E-state index contributed by atoms with van der Waals surface area (Å²) in [4.78, 5) is 37.5. The van der Waals surface area contributed by atoms with Crippen LogP contribution in [0.3, 0.4) is 0 Å². The molecule has 1 aromatic heterocycles. The molecule has 178 valence electrons. The summed E-state index contributed by atoms with van der Waals surface area (Å²) in [5, 5.41) is 5.87. The standard InChI is InChI=1S/C25H31N7O2/c26-25(27)30-14-7-12-21(29-15-13-20-16-28-17-31-20)23(33)32-24(34)22(18-8-3-1-4-9-18)19-10-5-2-6-11-19/h1-6,8-11,16-17,21-22,29H,7,12-15H2,(H,28,31)(H4,26,27,30)(H,32,33,34)/t21-/m0/s1. The van der Waals surface area contributed by atoms with E-state index in [-0.39, 0.29) is 17.8 Å². The second kappa shape index (κ2) is 12.9. The molecule has 0 aliphatic rings. The summed E-state index contributed by atoms with van der Waals surface area (Å²) in [6, 6.07) is 18.3. The number of nitrogens with one attached hydrogen (secondary N) is 3. The van der Waals surface area contributed by atoms with E-state index < -0.39 is 12.0 Å². The van der Waals surface area contributed by atoms with Gasteiger partial charge in [-0.05, 0) is 24.0 Å². The molecule has 0 saturated heterocycles. The highest BCUT2D eigenvalue weighted by Crippen LogP contribution is 2.24. The van der Waals surface area contributed by atoms with Crippen molar-refractivity contribution in [3.63, 3.8) is 0 Å². The number of benzene rings is 2. The van der Waals surface area contributed by atoms with Crippen molar-refractivity contribution < 1.29 is 9.59 Å². The Hall–Kier alpha value is -3.98. The molecule has 7 N–H and O–H groups in total. The Labute approximate surface area is 199 Å². The van der Waals surface area contributed by atoms with E-state index in [1.54, 1.807) is 12.5 Å². The normalized spacial score (nSPS) is 11.7. The van der Waals surface area contributed by atoms with Crippen molar-refractivity contribution in [1.29, 1.82) is 0 Å². The van der Waals surface area contributed by atoms with Crippen LogP contribution in [-0.4, -0.2) is 46.9 Å². The molecule has 9 heteroatoms. The molecule has 0 fully saturated rings. The highest BCUT2D eigenvalue weighted by Gasteiger charge is 2.27. The largest absolute Gasteiger partial charge is 0.370 e. The summed E-state index contributed by atoms with van der Waals surface area (Å²) in [6.45, 7) is 0.941. The van der Waals surface area contributed by atoms with Gasteiger partial charge >= 0.3 is 0 Å². The zero-order valence-electron chi connectivity index (χ0n) is 19.0. The average Bonchev–Trinajstić information content (AvgIpc) is 3.35. The Balaban J connectivity index is 1.69. The maximum Gasteiger partial charge on any atom is 0.243 e. The Morgan fingerprint density at radius 2 is 1.62 bits per heavy atom. The van der Waals surface area contributed by atoms with Gasteiger partial charge in [0, 0.05) is 31.4 Å². The second-order valence-corrected chi connectivity index (χ2v) is 7.89. The summed E-state index contributed by atoms with van der Waals surface area (Å²) >= 11 is 0. The molecule has 1 heterocycles.